The Morgan fingerprint density at radius 2 is 1.63 bits per heavy atom. The van der Waals surface area contributed by atoms with Gasteiger partial charge in [0, 0.05) is 0 Å². The summed E-state index contributed by atoms with van der Waals surface area (Å²) in [5.41, 5.74) is 3.75. The van der Waals surface area contributed by atoms with E-state index in [1.165, 1.54) is 16.7 Å². The number of rotatable bonds is 7. The lowest BCUT2D eigenvalue weighted by Gasteiger charge is -2.20. The standard InChI is InChI=1S/C23H31NO3/c1-16-7-10-21(15-17(16)2)26-14-13-24-22(25)18(3)27-20-11-8-19(9-12-20)23(4,5)6/h7-12,15,18H,13-14H2,1-6H3,(H,24,25)/t18-/m0/s1. The molecule has 0 spiro atoms. The van der Waals surface area contributed by atoms with Crippen LogP contribution in [-0.2, 0) is 10.2 Å². The summed E-state index contributed by atoms with van der Waals surface area (Å²) in [5.74, 6) is 1.35. The molecule has 4 nitrogen and oxygen atoms in total. The van der Waals surface area contributed by atoms with Gasteiger partial charge >= 0.3 is 0 Å². The molecular weight excluding hydrogens is 338 g/mol. The van der Waals surface area contributed by atoms with E-state index in [0.29, 0.717) is 18.9 Å². The van der Waals surface area contributed by atoms with E-state index in [1.54, 1.807) is 6.92 Å². The molecule has 0 unspecified atom stereocenters. The van der Waals surface area contributed by atoms with Gasteiger partial charge in [0.15, 0.2) is 6.10 Å². The highest BCUT2D eigenvalue weighted by atomic mass is 16.5. The van der Waals surface area contributed by atoms with Crippen LogP contribution in [0.4, 0.5) is 0 Å². The number of nitrogens with one attached hydrogen (secondary N) is 1. The molecule has 1 amide bonds. The average molecular weight is 370 g/mol. The summed E-state index contributed by atoms with van der Waals surface area (Å²) in [6.45, 7) is 13.2. The van der Waals surface area contributed by atoms with Crippen molar-refractivity contribution in [2.75, 3.05) is 13.2 Å². The highest BCUT2D eigenvalue weighted by molar-refractivity contribution is 5.80. The van der Waals surface area contributed by atoms with E-state index in [9.17, 15) is 4.79 Å². The van der Waals surface area contributed by atoms with Gasteiger partial charge in [0.25, 0.3) is 5.91 Å². The van der Waals surface area contributed by atoms with Crippen LogP contribution in [0.1, 0.15) is 44.4 Å². The van der Waals surface area contributed by atoms with Crippen molar-refractivity contribution in [3.63, 3.8) is 0 Å². The number of carbonyl (C=O) groups is 1. The fourth-order valence-corrected chi connectivity index (χ4v) is 2.58. The molecule has 0 fully saturated rings. The van der Waals surface area contributed by atoms with E-state index in [0.717, 1.165) is 5.75 Å². The van der Waals surface area contributed by atoms with Gasteiger partial charge in [-0.3, -0.25) is 4.79 Å². The van der Waals surface area contributed by atoms with Crippen LogP contribution in [0.25, 0.3) is 0 Å². The second-order valence-corrected chi connectivity index (χ2v) is 7.92. The maximum atomic E-state index is 12.2. The summed E-state index contributed by atoms with van der Waals surface area (Å²) < 4.78 is 11.4. The van der Waals surface area contributed by atoms with Crippen LogP contribution in [0.3, 0.4) is 0 Å². The molecule has 146 valence electrons. The number of carbonyl (C=O) groups excluding carboxylic acids is 1. The summed E-state index contributed by atoms with van der Waals surface area (Å²) in [4.78, 5) is 12.2. The second kappa shape index (κ2) is 8.94. The predicted octanol–water partition coefficient (Wildman–Crippen LogP) is 4.56. The van der Waals surface area contributed by atoms with Gasteiger partial charge in [-0.05, 0) is 67.1 Å². The minimum absolute atomic E-state index is 0.0948. The molecule has 27 heavy (non-hydrogen) atoms. The number of hydrogen-bond donors (Lipinski definition) is 1. The van der Waals surface area contributed by atoms with Gasteiger partial charge in [-0.15, -0.1) is 0 Å². The van der Waals surface area contributed by atoms with E-state index in [-0.39, 0.29) is 11.3 Å². The Hall–Kier alpha value is -2.49. The van der Waals surface area contributed by atoms with Crippen molar-refractivity contribution >= 4 is 5.91 Å². The Kier molecular flexibility index (Phi) is 6.89. The average Bonchev–Trinajstić information content (AvgIpc) is 2.61. The maximum absolute atomic E-state index is 12.2. The third-order valence-electron chi connectivity index (χ3n) is 4.55. The number of aryl methyl sites for hydroxylation is 2. The molecule has 0 bridgehead atoms. The fraction of sp³-hybridized carbons (Fsp3) is 0.435. The Morgan fingerprint density at radius 3 is 2.22 bits per heavy atom. The monoisotopic (exact) mass is 369 g/mol. The Balaban J connectivity index is 1.76. The summed E-state index contributed by atoms with van der Waals surface area (Å²) in [6.07, 6.45) is -0.563. The predicted molar refractivity (Wildman–Crippen MR) is 110 cm³/mol. The van der Waals surface area contributed by atoms with Crippen molar-refractivity contribution in [3.05, 3.63) is 59.2 Å². The van der Waals surface area contributed by atoms with Gasteiger partial charge < -0.3 is 14.8 Å². The van der Waals surface area contributed by atoms with Crippen LogP contribution in [0.2, 0.25) is 0 Å². The van der Waals surface area contributed by atoms with Crippen molar-refractivity contribution in [3.8, 4) is 11.5 Å². The highest BCUT2D eigenvalue weighted by Crippen LogP contribution is 2.24. The zero-order valence-electron chi connectivity index (χ0n) is 17.3. The van der Waals surface area contributed by atoms with E-state index < -0.39 is 6.10 Å². The minimum Gasteiger partial charge on any atom is -0.492 e. The molecule has 2 aromatic rings. The summed E-state index contributed by atoms with van der Waals surface area (Å²) in [5, 5.41) is 2.85. The molecule has 2 rings (SSSR count). The molecule has 1 N–H and O–H groups in total. The first-order valence-corrected chi connectivity index (χ1v) is 9.42. The van der Waals surface area contributed by atoms with Crippen LogP contribution in [-0.4, -0.2) is 25.2 Å². The first-order chi connectivity index (χ1) is 12.7. The van der Waals surface area contributed by atoms with Gasteiger partial charge in [0.2, 0.25) is 0 Å². The van der Waals surface area contributed by atoms with E-state index >= 15 is 0 Å². The largest absolute Gasteiger partial charge is 0.492 e. The molecule has 0 saturated heterocycles. The minimum atomic E-state index is -0.563. The van der Waals surface area contributed by atoms with Gasteiger partial charge in [-0.2, -0.15) is 0 Å². The molecule has 1 atom stereocenters. The first kappa shape index (κ1) is 20.8. The summed E-state index contributed by atoms with van der Waals surface area (Å²) in [6, 6.07) is 13.9. The van der Waals surface area contributed by atoms with Gasteiger partial charge in [-0.25, -0.2) is 0 Å². The lowest BCUT2D eigenvalue weighted by atomic mass is 9.87. The van der Waals surface area contributed by atoms with Gasteiger partial charge in [0.1, 0.15) is 18.1 Å². The fourth-order valence-electron chi connectivity index (χ4n) is 2.58. The lowest BCUT2D eigenvalue weighted by Crippen LogP contribution is -2.38. The van der Waals surface area contributed by atoms with Crippen molar-refractivity contribution < 1.29 is 14.3 Å². The van der Waals surface area contributed by atoms with E-state index in [2.05, 4.69) is 39.9 Å². The SMILES string of the molecule is Cc1ccc(OCCNC(=O)[C@H](C)Oc2ccc(C(C)(C)C)cc2)cc1C. The molecule has 0 aliphatic carbocycles. The molecule has 4 heteroatoms. The van der Waals surface area contributed by atoms with E-state index in [1.807, 2.05) is 42.5 Å². The number of ether oxygens (including phenoxy) is 2. The van der Waals surface area contributed by atoms with Crippen LogP contribution in [0.15, 0.2) is 42.5 Å². The van der Waals surface area contributed by atoms with Crippen LogP contribution in [0.5, 0.6) is 11.5 Å². The van der Waals surface area contributed by atoms with Crippen molar-refractivity contribution in [2.45, 2.75) is 53.1 Å². The number of amides is 1. The smallest absolute Gasteiger partial charge is 0.260 e. The molecular formula is C23H31NO3. The van der Waals surface area contributed by atoms with Crippen molar-refractivity contribution in [1.82, 2.24) is 5.32 Å². The van der Waals surface area contributed by atoms with Crippen LogP contribution >= 0.6 is 0 Å². The zero-order chi connectivity index (χ0) is 20.0. The number of hydrogen-bond acceptors (Lipinski definition) is 3. The Labute approximate surface area is 162 Å². The molecule has 0 heterocycles. The third-order valence-corrected chi connectivity index (χ3v) is 4.55. The van der Waals surface area contributed by atoms with Crippen molar-refractivity contribution in [1.29, 1.82) is 0 Å². The molecule has 0 aliphatic rings. The lowest BCUT2D eigenvalue weighted by molar-refractivity contribution is -0.127. The summed E-state index contributed by atoms with van der Waals surface area (Å²) in [7, 11) is 0. The highest BCUT2D eigenvalue weighted by Gasteiger charge is 2.16. The maximum Gasteiger partial charge on any atom is 0.260 e. The van der Waals surface area contributed by atoms with Gasteiger partial charge in [-0.1, -0.05) is 39.0 Å². The van der Waals surface area contributed by atoms with Crippen LogP contribution in [0, 0.1) is 13.8 Å². The first-order valence-electron chi connectivity index (χ1n) is 9.42. The molecule has 0 saturated carbocycles. The topological polar surface area (TPSA) is 47.6 Å². The Bertz CT molecular complexity index is 760. The normalized spacial score (nSPS) is 12.4. The van der Waals surface area contributed by atoms with Crippen LogP contribution < -0.4 is 14.8 Å². The molecule has 0 aromatic heterocycles. The quantitative estimate of drug-likeness (QED) is 0.728. The molecule has 0 radical (unpaired) electrons. The molecule has 2 aromatic carbocycles. The second-order valence-electron chi connectivity index (χ2n) is 7.92. The third kappa shape index (κ3) is 6.31. The molecule has 0 aliphatic heterocycles. The zero-order valence-corrected chi connectivity index (χ0v) is 17.3. The van der Waals surface area contributed by atoms with Gasteiger partial charge in [0.05, 0.1) is 6.54 Å². The Morgan fingerprint density at radius 1 is 1.00 bits per heavy atom. The summed E-state index contributed by atoms with van der Waals surface area (Å²) >= 11 is 0. The van der Waals surface area contributed by atoms with E-state index in [4.69, 9.17) is 9.47 Å². The number of benzene rings is 2. The van der Waals surface area contributed by atoms with Crippen molar-refractivity contribution in [2.24, 2.45) is 0 Å².